The molecule has 0 aliphatic heterocycles. The molecule has 1 aromatic carbocycles. The zero-order valence-electron chi connectivity index (χ0n) is 11.4. The Morgan fingerprint density at radius 3 is 2.65 bits per heavy atom. The van der Waals surface area contributed by atoms with Crippen LogP contribution in [0.15, 0.2) is 12.1 Å². The lowest BCUT2D eigenvalue weighted by Gasteiger charge is -2.23. The molecule has 1 unspecified atom stereocenters. The third-order valence-corrected chi connectivity index (χ3v) is 2.81. The lowest BCUT2D eigenvalue weighted by molar-refractivity contribution is 0.0243. The first kappa shape index (κ1) is 16.3. The van der Waals surface area contributed by atoms with Crippen molar-refractivity contribution in [1.29, 1.82) is 0 Å². The molecule has 0 bridgehead atoms. The predicted octanol–water partition coefficient (Wildman–Crippen LogP) is 1.06. The molecule has 1 atom stereocenters. The Bertz CT molecular complexity index is 493. The van der Waals surface area contributed by atoms with Crippen molar-refractivity contribution in [2.45, 2.75) is 18.9 Å². The molecule has 7 heteroatoms. The second kappa shape index (κ2) is 6.62. The molecule has 0 heterocycles. The van der Waals surface area contributed by atoms with Gasteiger partial charge in [-0.1, -0.05) is 0 Å². The third-order valence-electron chi connectivity index (χ3n) is 2.81. The minimum absolute atomic E-state index is 0.0619. The summed E-state index contributed by atoms with van der Waals surface area (Å²) in [6, 6.07) is 1.47. The monoisotopic (exact) mass is 288 g/mol. The molecule has 0 fully saturated rings. The molecular weight excluding hydrogens is 270 g/mol. The fraction of sp³-hybridized carbons (Fsp3) is 0.462. The maximum Gasteiger partial charge on any atom is 0.253 e. The first-order valence-electron chi connectivity index (χ1n) is 6.01. The summed E-state index contributed by atoms with van der Waals surface area (Å²) in [5.74, 6) is -2.96. The van der Waals surface area contributed by atoms with Crippen LogP contribution in [-0.2, 0) is 4.74 Å². The standard InChI is InChI=1S/C13H18F2N2O3/c1-13(19,3-4-20-2)7-17-12(18)8-5-9(14)10(15)6-11(8)16/h5-6,19H,3-4,7,16H2,1-2H3,(H,17,18). The molecule has 1 amide bonds. The number of carbonyl (C=O) groups excluding carboxylic acids is 1. The Kier molecular flexibility index (Phi) is 5.41. The van der Waals surface area contributed by atoms with Gasteiger partial charge in [-0.05, 0) is 13.0 Å². The van der Waals surface area contributed by atoms with E-state index in [0.29, 0.717) is 13.0 Å². The molecule has 20 heavy (non-hydrogen) atoms. The molecule has 112 valence electrons. The van der Waals surface area contributed by atoms with E-state index in [-0.39, 0.29) is 17.8 Å². The zero-order chi connectivity index (χ0) is 15.3. The van der Waals surface area contributed by atoms with Crippen LogP contribution in [0, 0.1) is 11.6 Å². The Balaban J connectivity index is 2.70. The van der Waals surface area contributed by atoms with Gasteiger partial charge in [0.15, 0.2) is 11.6 Å². The maximum atomic E-state index is 13.1. The van der Waals surface area contributed by atoms with Crippen molar-refractivity contribution < 1.29 is 23.4 Å². The number of hydrogen-bond acceptors (Lipinski definition) is 4. The van der Waals surface area contributed by atoms with Crippen LogP contribution in [0.1, 0.15) is 23.7 Å². The van der Waals surface area contributed by atoms with Crippen molar-refractivity contribution in [2.24, 2.45) is 0 Å². The smallest absolute Gasteiger partial charge is 0.253 e. The Morgan fingerprint density at radius 1 is 1.45 bits per heavy atom. The van der Waals surface area contributed by atoms with Gasteiger partial charge in [0.1, 0.15) is 0 Å². The van der Waals surface area contributed by atoms with E-state index in [4.69, 9.17) is 10.5 Å². The van der Waals surface area contributed by atoms with Gasteiger partial charge in [-0.2, -0.15) is 0 Å². The van der Waals surface area contributed by atoms with Crippen molar-refractivity contribution in [2.75, 3.05) is 26.0 Å². The first-order valence-corrected chi connectivity index (χ1v) is 6.01. The molecule has 4 N–H and O–H groups in total. The number of amides is 1. The number of halogens is 2. The SMILES string of the molecule is COCCC(C)(O)CNC(=O)c1cc(F)c(F)cc1N. The Labute approximate surface area is 115 Å². The van der Waals surface area contributed by atoms with E-state index in [0.717, 1.165) is 12.1 Å². The maximum absolute atomic E-state index is 13.1. The number of carbonyl (C=O) groups is 1. The Hall–Kier alpha value is -1.73. The number of rotatable bonds is 6. The van der Waals surface area contributed by atoms with Gasteiger partial charge in [-0.25, -0.2) is 8.78 Å². The summed E-state index contributed by atoms with van der Waals surface area (Å²) in [6.45, 7) is 1.80. The number of methoxy groups -OCH3 is 1. The highest BCUT2D eigenvalue weighted by atomic mass is 19.2. The lowest BCUT2D eigenvalue weighted by Crippen LogP contribution is -2.41. The van der Waals surface area contributed by atoms with Gasteiger partial charge in [0.2, 0.25) is 0 Å². The number of anilines is 1. The molecule has 0 spiro atoms. The molecule has 0 aromatic heterocycles. The number of aliphatic hydroxyl groups is 1. The van der Waals surface area contributed by atoms with E-state index < -0.39 is 23.1 Å². The number of benzene rings is 1. The van der Waals surface area contributed by atoms with Crippen molar-refractivity contribution in [3.05, 3.63) is 29.3 Å². The van der Waals surface area contributed by atoms with Gasteiger partial charge in [0, 0.05) is 38.4 Å². The number of nitrogen functional groups attached to an aromatic ring is 1. The van der Waals surface area contributed by atoms with Crippen molar-refractivity contribution in [3.8, 4) is 0 Å². The van der Waals surface area contributed by atoms with Crippen LogP contribution in [0.4, 0.5) is 14.5 Å². The third kappa shape index (κ3) is 4.43. The van der Waals surface area contributed by atoms with Crippen molar-refractivity contribution >= 4 is 11.6 Å². The van der Waals surface area contributed by atoms with Crippen LogP contribution in [0.25, 0.3) is 0 Å². The lowest BCUT2D eigenvalue weighted by atomic mass is 10.0. The topological polar surface area (TPSA) is 84.6 Å². The zero-order valence-corrected chi connectivity index (χ0v) is 11.4. The van der Waals surface area contributed by atoms with E-state index in [9.17, 15) is 18.7 Å². The van der Waals surface area contributed by atoms with Crippen molar-refractivity contribution in [1.82, 2.24) is 5.32 Å². The minimum atomic E-state index is -1.17. The van der Waals surface area contributed by atoms with Gasteiger partial charge in [0.25, 0.3) is 5.91 Å². The van der Waals surface area contributed by atoms with E-state index >= 15 is 0 Å². The molecule has 0 aliphatic rings. The van der Waals surface area contributed by atoms with Gasteiger partial charge in [-0.3, -0.25) is 4.79 Å². The molecule has 0 radical (unpaired) electrons. The predicted molar refractivity (Wildman–Crippen MR) is 70.2 cm³/mol. The van der Waals surface area contributed by atoms with Gasteiger partial charge in [0.05, 0.1) is 11.2 Å². The molecule has 0 saturated heterocycles. The second-order valence-corrected chi connectivity index (χ2v) is 4.78. The minimum Gasteiger partial charge on any atom is -0.398 e. The molecular formula is C13H18F2N2O3. The number of nitrogens with two attached hydrogens (primary N) is 1. The summed E-state index contributed by atoms with van der Waals surface area (Å²) in [5.41, 5.74) is 3.95. The summed E-state index contributed by atoms with van der Waals surface area (Å²) in [7, 11) is 1.50. The molecule has 5 nitrogen and oxygen atoms in total. The van der Waals surface area contributed by atoms with E-state index in [2.05, 4.69) is 5.32 Å². The quantitative estimate of drug-likeness (QED) is 0.683. The summed E-state index contributed by atoms with van der Waals surface area (Å²) < 4.78 is 30.8. The number of nitrogens with one attached hydrogen (secondary N) is 1. The molecule has 0 saturated carbocycles. The highest BCUT2D eigenvalue weighted by molar-refractivity contribution is 5.99. The fourth-order valence-corrected chi connectivity index (χ4v) is 1.54. The van der Waals surface area contributed by atoms with Crippen LogP contribution < -0.4 is 11.1 Å². The summed E-state index contributed by atoms with van der Waals surface area (Å²) >= 11 is 0. The average molecular weight is 288 g/mol. The second-order valence-electron chi connectivity index (χ2n) is 4.78. The van der Waals surface area contributed by atoms with E-state index in [1.165, 1.54) is 14.0 Å². The van der Waals surface area contributed by atoms with Crippen LogP contribution in [0.2, 0.25) is 0 Å². The molecule has 1 aromatic rings. The summed E-state index contributed by atoms with van der Waals surface area (Å²) in [6.07, 6.45) is 0.317. The highest BCUT2D eigenvalue weighted by Crippen LogP contribution is 2.17. The summed E-state index contributed by atoms with van der Waals surface area (Å²) in [4.78, 5) is 11.8. The largest absolute Gasteiger partial charge is 0.398 e. The fourth-order valence-electron chi connectivity index (χ4n) is 1.54. The number of hydrogen-bond donors (Lipinski definition) is 3. The number of ether oxygens (including phenoxy) is 1. The van der Waals surface area contributed by atoms with Gasteiger partial charge < -0.3 is 20.9 Å². The Morgan fingerprint density at radius 2 is 2.05 bits per heavy atom. The first-order chi connectivity index (χ1) is 9.26. The van der Waals surface area contributed by atoms with Crippen molar-refractivity contribution in [3.63, 3.8) is 0 Å². The van der Waals surface area contributed by atoms with Crippen LogP contribution in [0.5, 0.6) is 0 Å². The van der Waals surface area contributed by atoms with Crippen LogP contribution in [-0.4, -0.2) is 36.9 Å². The summed E-state index contributed by atoms with van der Waals surface area (Å²) in [5, 5.41) is 12.4. The van der Waals surface area contributed by atoms with E-state index in [1.54, 1.807) is 0 Å². The van der Waals surface area contributed by atoms with Crippen LogP contribution >= 0.6 is 0 Å². The van der Waals surface area contributed by atoms with Gasteiger partial charge in [-0.15, -0.1) is 0 Å². The highest BCUT2D eigenvalue weighted by Gasteiger charge is 2.22. The molecule has 0 aliphatic carbocycles. The average Bonchev–Trinajstić information content (AvgIpc) is 2.38. The van der Waals surface area contributed by atoms with E-state index in [1.807, 2.05) is 0 Å². The normalized spacial score (nSPS) is 13.8. The van der Waals surface area contributed by atoms with Crippen LogP contribution in [0.3, 0.4) is 0 Å². The molecule has 1 rings (SSSR count). The van der Waals surface area contributed by atoms with Gasteiger partial charge >= 0.3 is 0 Å².